The van der Waals surface area contributed by atoms with Crippen molar-refractivity contribution in [2.75, 3.05) is 36.0 Å². The van der Waals surface area contributed by atoms with Crippen molar-refractivity contribution in [3.05, 3.63) is 48.9 Å². The Balaban J connectivity index is 1.28. The van der Waals surface area contributed by atoms with Crippen molar-refractivity contribution in [2.24, 2.45) is 5.41 Å². The number of rotatable bonds is 3. The molecule has 2 fully saturated rings. The van der Waals surface area contributed by atoms with Gasteiger partial charge >= 0.3 is 0 Å². The van der Waals surface area contributed by atoms with Crippen LogP contribution in [-0.2, 0) is 0 Å². The largest absolute Gasteiger partial charge is 0.391 e. The van der Waals surface area contributed by atoms with E-state index >= 15 is 0 Å². The lowest BCUT2D eigenvalue weighted by Crippen LogP contribution is -2.54. The van der Waals surface area contributed by atoms with Gasteiger partial charge in [-0.15, -0.1) is 10.2 Å². The zero-order chi connectivity index (χ0) is 19.7. The molecule has 0 amide bonds. The molecule has 1 spiro atoms. The molecule has 2 aliphatic rings. The van der Waals surface area contributed by atoms with E-state index in [9.17, 15) is 5.11 Å². The van der Waals surface area contributed by atoms with Crippen molar-refractivity contribution in [1.29, 1.82) is 0 Å². The van der Waals surface area contributed by atoms with E-state index < -0.39 is 0 Å². The Morgan fingerprint density at radius 3 is 2.62 bits per heavy atom. The van der Waals surface area contributed by atoms with Gasteiger partial charge in [0, 0.05) is 44.1 Å². The number of aromatic nitrogens is 4. The summed E-state index contributed by atoms with van der Waals surface area (Å²) in [6.07, 6.45) is 7.76. The third-order valence-corrected chi connectivity index (χ3v) is 7.06. The van der Waals surface area contributed by atoms with Gasteiger partial charge in [-0.25, -0.2) is 4.98 Å². The van der Waals surface area contributed by atoms with E-state index in [0.29, 0.717) is 6.54 Å². The van der Waals surface area contributed by atoms with Crippen molar-refractivity contribution in [3.63, 3.8) is 0 Å². The number of piperidine rings is 2. The third kappa shape index (κ3) is 3.82. The number of anilines is 2. The number of hydrogen-bond donors (Lipinski definition) is 1. The average Bonchev–Trinajstić information content (AvgIpc) is 3.25. The van der Waals surface area contributed by atoms with Crippen molar-refractivity contribution in [2.45, 2.75) is 25.4 Å². The molecule has 29 heavy (non-hydrogen) atoms. The van der Waals surface area contributed by atoms with Crippen molar-refractivity contribution in [1.82, 2.24) is 20.2 Å². The van der Waals surface area contributed by atoms with Gasteiger partial charge in [-0.1, -0.05) is 41.7 Å². The van der Waals surface area contributed by atoms with E-state index in [1.165, 1.54) is 0 Å². The molecule has 2 aromatic heterocycles. The summed E-state index contributed by atoms with van der Waals surface area (Å²) in [5, 5.41) is 21.3. The molecular formula is C21H24N6OS. The topological polar surface area (TPSA) is 78.3 Å². The molecular weight excluding hydrogens is 384 g/mol. The summed E-state index contributed by atoms with van der Waals surface area (Å²) in [6, 6.07) is 10.2. The first kappa shape index (κ1) is 18.4. The molecule has 7 nitrogen and oxygen atoms in total. The Morgan fingerprint density at radius 1 is 1.03 bits per heavy atom. The Labute approximate surface area is 174 Å². The molecule has 3 aromatic rings. The lowest BCUT2D eigenvalue weighted by molar-refractivity contribution is 0.0595. The summed E-state index contributed by atoms with van der Waals surface area (Å²) in [4.78, 5) is 13.1. The maximum absolute atomic E-state index is 10.5. The highest BCUT2D eigenvalue weighted by Gasteiger charge is 2.42. The number of β-amino-alcohol motifs (C(OH)–C–C–N with tert-alkyl or cyclic N) is 1. The molecule has 2 saturated heterocycles. The zero-order valence-corrected chi connectivity index (χ0v) is 17.0. The summed E-state index contributed by atoms with van der Waals surface area (Å²) in [7, 11) is 0. The monoisotopic (exact) mass is 408 g/mol. The first-order chi connectivity index (χ1) is 14.2. The van der Waals surface area contributed by atoms with Gasteiger partial charge < -0.3 is 14.9 Å². The van der Waals surface area contributed by atoms with E-state index in [-0.39, 0.29) is 11.5 Å². The maximum Gasteiger partial charge on any atom is 0.208 e. The molecule has 0 saturated carbocycles. The predicted octanol–water partition coefficient (Wildman–Crippen LogP) is 2.85. The second kappa shape index (κ2) is 7.68. The van der Waals surface area contributed by atoms with Gasteiger partial charge in [-0.2, -0.15) is 0 Å². The van der Waals surface area contributed by atoms with Gasteiger partial charge in [-0.3, -0.25) is 4.98 Å². The van der Waals surface area contributed by atoms with Crippen LogP contribution in [0.3, 0.4) is 0 Å². The van der Waals surface area contributed by atoms with Gasteiger partial charge in [0.25, 0.3) is 0 Å². The van der Waals surface area contributed by atoms with Crippen molar-refractivity contribution >= 4 is 22.3 Å². The highest BCUT2D eigenvalue weighted by molar-refractivity contribution is 7.18. The van der Waals surface area contributed by atoms with E-state index in [4.69, 9.17) is 0 Å². The highest BCUT2D eigenvalue weighted by Crippen LogP contribution is 2.42. The minimum Gasteiger partial charge on any atom is -0.391 e. The van der Waals surface area contributed by atoms with Gasteiger partial charge in [0.1, 0.15) is 10.8 Å². The molecule has 5 rings (SSSR count). The summed E-state index contributed by atoms with van der Waals surface area (Å²) >= 11 is 1.65. The van der Waals surface area contributed by atoms with Crippen LogP contribution < -0.4 is 9.80 Å². The van der Waals surface area contributed by atoms with Crippen molar-refractivity contribution < 1.29 is 5.11 Å². The molecule has 1 aromatic carbocycles. The fourth-order valence-electron chi connectivity index (χ4n) is 4.56. The standard InChI is InChI=1S/C21H24N6OS/c28-17-12-21(15-27(14-17)18-13-22-8-9-23-18)6-10-26(11-7-21)20-25-24-19(29-20)16-4-2-1-3-5-16/h1-5,8-9,13,17,28H,6-7,10-12,14-15H2. The average molecular weight is 409 g/mol. The number of aliphatic hydroxyl groups excluding tert-OH is 1. The summed E-state index contributed by atoms with van der Waals surface area (Å²) in [6.45, 7) is 3.41. The Bertz CT molecular complexity index is 942. The number of aliphatic hydroxyl groups is 1. The molecule has 0 bridgehead atoms. The lowest BCUT2D eigenvalue weighted by atomic mass is 9.71. The van der Waals surface area contributed by atoms with Crippen LogP contribution >= 0.6 is 11.3 Å². The quantitative estimate of drug-likeness (QED) is 0.714. The molecule has 150 valence electrons. The van der Waals surface area contributed by atoms with Crippen LogP contribution in [0.4, 0.5) is 10.9 Å². The van der Waals surface area contributed by atoms with Crippen LogP contribution in [0.25, 0.3) is 10.6 Å². The van der Waals surface area contributed by atoms with Crippen LogP contribution in [0.5, 0.6) is 0 Å². The van der Waals surface area contributed by atoms with Gasteiger partial charge in [0.2, 0.25) is 5.13 Å². The van der Waals surface area contributed by atoms with Crippen molar-refractivity contribution in [3.8, 4) is 10.6 Å². The second-order valence-electron chi connectivity index (χ2n) is 8.04. The first-order valence-electron chi connectivity index (χ1n) is 10.0. The maximum atomic E-state index is 10.5. The smallest absolute Gasteiger partial charge is 0.208 e. The molecule has 0 radical (unpaired) electrons. The molecule has 0 aliphatic carbocycles. The summed E-state index contributed by atoms with van der Waals surface area (Å²) < 4.78 is 0. The molecule has 2 aliphatic heterocycles. The van der Waals surface area contributed by atoms with Gasteiger partial charge in [0.15, 0.2) is 0 Å². The molecule has 1 atom stereocenters. The van der Waals surface area contributed by atoms with E-state index in [1.54, 1.807) is 29.9 Å². The Morgan fingerprint density at radius 2 is 1.86 bits per heavy atom. The van der Waals surface area contributed by atoms with E-state index in [1.807, 2.05) is 18.2 Å². The van der Waals surface area contributed by atoms with Gasteiger partial charge in [-0.05, 0) is 24.7 Å². The Kier molecular flexibility index (Phi) is 4.89. The minimum atomic E-state index is -0.330. The van der Waals surface area contributed by atoms with Crippen LogP contribution in [0, 0.1) is 5.41 Å². The molecule has 8 heteroatoms. The second-order valence-corrected chi connectivity index (χ2v) is 9.00. The fraction of sp³-hybridized carbons (Fsp3) is 0.429. The number of hydrogen-bond acceptors (Lipinski definition) is 8. The minimum absolute atomic E-state index is 0.110. The molecule has 4 heterocycles. The number of benzene rings is 1. The summed E-state index contributed by atoms with van der Waals surface area (Å²) in [5.74, 6) is 0.852. The van der Waals surface area contributed by atoms with Crippen LogP contribution in [-0.4, -0.2) is 57.6 Å². The molecule has 1 N–H and O–H groups in total. The van der Waals surface area contributed by atoms with E-state index in [2.05, 4.69) is 42.1 Å². The van der Waals surface area contributed by atoms with Crippen LogP contribution in [0.2, 0.25) is 0 Å². The third-order valence-electron chi connectivity index (χ3n) is 6.03. The lowest BCUT2D eigenvalue weighted by Gasteiger charge is -2.49. The number of nitrogens with zero attached hydrogens (tertiary/aromatic N) is 6. The predicted molar refractivity (Wildman–Crippen MR) is 114 cm³/mol. The fourth-order valence-corrected chi connectivity index (χ4v) is 5.46. The zero-order valence-electron chi connectivity index (χ0n) is 16.2. The van der Waals surface area contributed by atoms with Gasteiger partial charge in [0.05, 0.1) is 12.3 Å². The normalized spacial score (nSPS) is 21.5. The first-order valence-corrected chi connectivity index (χ1v) is 10.9. The van der Waals surface area contributed by atoms with Crippen LogP contribution in [0.1, 0.15) is 19.3 Å². The van der Waals surface area contributed by atoms with Crippen LogP contribution in [0.15, 0.2) is 48.9 Å². The van der Waals surface area contributed by atoms with E-state index in [0.717, 1.165) is 60.4 Å². The molecule has 1 unspecified atom stereocenters. The SMILES string of the molecule is OC1CN(c2cnccn2)CC2(CCN(c3nnc(-c4ccccc4)s3)CC2)C1. The summed E-state index contributed by atoms with van der Waals surface area (Å²) in [5.41, 5.74) is 1.22. The highest BCUT2D eigenvalue weighted by atomic mass is 32.1. The Hall–Kier alpha value is -2.58.